The molecule has 0 aromatic heterocycles. The summed E-state index contributed by atoms with van der Waals surface area (Å²) in [7, 11) is 0. The number of hydrogen-bond donors (Lipinski definition) is 0. The number of nitrogens with zero attached hydrogens (tertiary/aromatic N) is 1. The smallest absolute Gasteiger partial charge is 0.334 e. The minimum Gasteiger partial charge on any atom is -0.409 e. The van der Waals surface area contributed by atoms with Crippen molar-refractivity contribution < 1.29 is 14.0 Å². The van der Waals surface area contributed by atoms with Gasteiger partial charge in [-0.15, -0.1) is 0 Å². The van der Waals surface area contributed by atoms with E-state index in [1.807, 2.05) is 0 Å². The van der Waals surface area contributed by atoms with Crippen molar-refractivity contribution in [3.05, 3.63) is 12.7 Å². The van der Waals surface area contributed by atoms with Crippen LogP contribution in [-0.2, 0) is 9.53 Å². The third-order valence-electron chi connectivity index (χ3n) is 3.97. The summed E-state index contributed by atoms with van der Waals surface area (Å²) in [6.45, 7) is 15.2. The van der Waals surface area contributed by atoms with Crippen LogP contribution in [0, 0.1) is 0 Å². The van der Waals surface area contributed by atoms with Crippen LogP contribution in [0.1, 0.15) is 53.4 Å². The summed E-state index contributed by atoms with van der Waals surface area (Å²) < 4.78 is 6.45. The number of rotatable bonds is 10. The van der Waals surface area contributed by atoms with Gasteiger partial charge in [-0.1, -0.05) is 26.3 Å². The highest BCUT2D eigenvalue weighted by molar-refractivity contribution is 5.81. The lowest BCUT2D eigenvalue weighted by Crippen LogP contribution is -2.56. The van der Waals surface area contributed by atoms with Gasteiger partial charge in [0.25, 0.3) is 0 Å². The van der Waals surface area contributed by atoms with Crippen molar-refractivity contribution >= 4 is 5.97 Å². The van der Waals surface area contributed by atoms with Crippen LogP contribution in [-0.4, -0.2) is 36.3 Å². The van der Waals surface area contributed by atoms with E-state index in [2.05, 4.69) is 34.3 Å². The molecule has 0 saturated heterocycles. The Bertz CT molecular complexity index is 239. The number of carbonyl (C=O) groups excluding carboxylic acids is 1. The standard InChI is InChI=1S/C15H30NO2/c1-6-11-12-13-14(18-15(17)7-2)16(8-3,9-4)10-5/h7,14H,2,6,8-13H2,1,3-5H3/q+1. The van der Waals surface area contributed by atoms with Gasteiger partial charge in [0, 0.05) is 12.5 Å². The topological polar surface area (TPSA) is 26.3 Å². The van der Waals surface area contributed by atoms with Crippen LogP contribution < -0.4 is 0 Å². The molecule has 0 aromatic rings. The fourth-order valence-corrected chi connectivity index (χ4v) is 2.48. The summed E-state index contributed by atoms with van der Waals surface area (Å²) in [6, 6.07) is 0. The summed E-state index contributed by atoms with van der Waals surface area (Å²) in [5, 5.41) is 0. The molecule has 106 valence electrons. The highest BCUT2D eigenvalue weighted by Crippen LogP contribution is 2.20. The lowest BCUT2D eigenvalue weighted by atomic mass is 10.1. The maximum Gasteiger partial charge on any atom is 0.334 e. The van der Waals surface area contributed by atoms with Gasteiger partial charge in [0.15, 0.2) is 0 Å². The average Bonchev–Trinajstić information content (AvgIpc) is 2.41. The van der Waals surface area contributed by atoms with Crippen LogP contribution in [0.5, 0.6) is 0 Å². The zero-order valence-corrected chi connectivity index (χ0v) is 12.6. The Balaban J connectivity index is 4.79. The molecular formula is C15H30NO2+. The molecule has 1 unspecified atom stereocenters. The summed E-state index contributed by atoms with van der Waals surface area (Å²) in [5.41, 5.74) is 0. The molecule has 3 nitrogen and oxygen atoms in total. The van der Waals surface area contributed by atoms with E-state index in [-0.39, 0.29) is 12.2 Å². The first kappa shape index (κ1) is 17.2. The molecule has 1 atom stereocenters. The summed E-state index contributed by atoms with van der Waals surface area (Å²) in [6.07, 6.45) is 5.69. The fourth-order valence-electron chi connectivity index (χ4n) is 2.48. The third kappa shape index (κ3) is 4.81. The van der Waals surface area contributed by atoms with Crippen molar-refractivity contribution in [2.75, 3.05) is 19.6 Å². The number of esters is 1. The molecule has 0 radical (unpaired) electrons. The fraction of sp³-hybridized carbons (Fsp3) is 0.800. The van der Waals surface area contributed by atoms with Gasteiger partial charge in [-0.25, -0.2) is 4.79 Å². The second kappa shape index (κ2) is 9.15. The molecule has 0 rings (SSSR count). The van der Waals surface area contributed by atoms with E-state index < -0.39 is 0 Å². The van der Waals surface area contributed by atoms with Gasteiger partial charge in [-0.05, 0) is 27.2 Å². The monoisotopic (exact) mass is 256 g/mol. The Hall–Kier alpha value is -0.830. The molecule has 0 bridgehead atoms. The van der Waals surface area contributed by atoms with E-state index in [9.17, 15) is 4.79 Å². The van der Waals surface area contributed by atoms with Crippen LogP contribution in [0.3, 0.4) is 0 Å². The number of hydrogen-bond acceptors (Lipinski definition) is 2. The van der Waals surface area contributed by atoms with Crippen LogP contribution in [0.25, 0.3) is 0 Å². The minimum atomic E-state index is -0.297. The lowest BCUT2D eigenvalue weighted by Gasteiger charge is -2.41. The highest BCUT2D eigenvalue weighted by Gasteiger charge is 2.34. The van der Waals surface area contributed by atoms with Crippen LogP contribution in [0.15, 0.2) is 12.7 Å². The van der Waals surface area contributed by atoms with Gasteiger partial charge in [0.05, 0.1) is 19.6 Å². The van der Waals surface area contributed by atoms with Gasteiger partial charge in [0.2, 0.25) is 6.23 Å². The predicted octanol–water partition coefficient (Wildman–Crippen LogP) is 3.50. The van der Waals surface area contributed by atoms with Crippen molar-refractivity contribution in [2.24, 2.45) is 0 Å². The normalized spacial score (nSPS) is 13.1. The highest BCUT2D eigenvalue weighted by atomic mass is 16.6. The molecule has 0 spiro atoms. The summed E-state index contributed by atoms with van der Waals surface area (Å²) in [5.74, 6) is -0.297. The van der Waals surface area contributed by atoms with Crippen molar-refractivity contribution in [3.63, 3.8) is 0 Å². The van der Waals surface area contributed by atoms with Crippen molar-refractivity contribution in [3.8, 4) is 0 Å². The van der Waals surface area contributed by atoms with E-state index >= 15 is 0 Å². The number of unbranched alkanes of at least 4 members (excludes halogenated alkanes) is 2. The maximum absolute atomic E-state index is 11.5. The molecule has 0 saturated carbocycles. The summed E-state index contributed by atoms with van der Waals surface area (Å²) >= 11 is 0. The molecular weight excluding hydrogens is 226 g/mol. The van der Waals surface area contributed by atoms with Gasteiger partial charge in [-0.3, -0.25) is 4.48 Å². The Morgan fingerprint density at radius 3 is 2.11 bits per heavy atom. The first-order valence-corrected chi connectivity index (χ1v) is 7.28. The Morgan fingerprint density at radius 2 is 1.72 bits per heavy atom. The lowest BCUT2D eigenvalue weighted by molar-refractivity contribution is -0.965. The summed E-state index contributed by atoms with van der Waals surface area (Å²) in [4.78, 5) is 11.5. The van der Waals surface area contributed by atoms with Gasteiger partial charge >= 0.3 is 5.97 Å². The molecule has 0 heterocycles. The van der Waals surface area contributed by atoms with Crippen molar-refractivity contribution in [2.45, 2.75) is 59.6 Å². The first-order chi connectivity index (χ1) is 8.60. The quantitative estimate of drug-likeness (QED) is 0.197. The second-order valence-electron chi connectivity index (χ2n) is 4.76. The van der Waals surface area contributed by atoms with Crippen LogP contribution in [0.4, 0.5) is 0 Å². The van der Waals surface area contributed by atoms with E-state index in [1.165, 1.54) is 18.9 Å². The SMILES string of the molecule is C=CC(=O)OC(CCCCC)[N+](CC)(CC)CC. The number of ether oxygens (including phenoxy) is 1. The molecule has 0 aliphatic heterocycles. The Morgan fingerprint density at radius 1 is 1.17 bits per heavy atom. The van der Waals surface area contributed by atoms with Gasteiger partial charge < -0.3 is 4.74 Å². The maximum atomic E-state index is 11.5. The van der Waals surface area contributed by atoms with Crippen LogP contribution in [0.2, 0.25) is 0 Å². The molecule has 0 N–H and O–H groups in total. The molecule has 0 amide bonds. The van der Waals surface area contributed by atoms with Crippen molar-refractivity contribution in [1.29, 1.82) is 0 Å². The number of quaternary nitrogens is 1. The van der Waals surface area contributed by atoms with E-state index in [4.69, 9.17) is 4.74 Å². The molecule has 0 fully saturated rings. The van der Waals surface area contributed by atoms with Gasteiger partial charge in [0.1, 0.15) is 0 Å². The van der Waals surface area contributed by atoms with Crippen LogP contribution >= 0.6 is 0 Å². The largest absolute Gasteiger partial charge is 0.409 e. The first-order valence-electron chi connectivity index (χ1n) is 7.28. The molecule has 18 heavy (non-hydrogen) atoms. The minimum absolute atomic E-state index is 0.0259. The molecule has 0 aliphatic rings. The zero-order chi connectivity index (χ0) is 14.0. The van der Waals surface area contributed by atoms with E-state index in [0.29, 0.717) is 0 Å². The third-order valence-corrected chi connectivity index (χ3v) is 3.97. The Kier molecular flexibility index (Phi) is 8.73. The predicted molar refractivity (Wildman–Crippen MR) is 76.1 cm³/mol. The van der Waals surface area contributed by atoms with E-state index in [1.54, 1.807) is 0 Å². The average molecular weight is 256 g/mol. The van der Waals surface area contributed by atoms with E-state index in [0.717, 1.165) is 37.0 Å². The molecule has 0 aromatic carbocycles. The van der Waals surface area contributed by atoms with Gasteiger partial charge in [-0.2, -0.15) is 0 Å². The zero-order valence-electron chi connectivity index (χ0n) is 12.6. The molecule has 3 heteroatoms. The second-order valence-corrected chi connectivity index (χ2v) is 4.76. The Labute approximate surface area is 112 Å². The van der Waals surface area contributed by atoms with Crippen molar-refractivity contribution in [1.82, 2.24) is 0 Å². The molecule has 0 aliphatic carbocycles. The number of carbonyl (C=O) groups is 1.